The van der Waals surface area contributed by atoms with Crippen molar-refractivity contribution >= 4 is 5.69 Å². The lowest BCUT2D eigenvalue weighted by Crippen LogP contribution is -2.22. The van der Waals surface area contributed by atoms with Crippen LogP contribution >= 0.6 is 0 Å². The minimum Gasteiger partial charge on any atom is -0.506 e. The monoisotopic (exact) mass is 273 g/mol. The van der Waals surface area contributed by atoms with Crippen molar-refractivity contribution in [1.82, 2.24) is 20.2 Å². The second kappa shape index (κ2) is 5.48. The zero-order chi connectivity index (χ0) is 13.9. The summed E-state index contributed by atoms with van der Waals surface area (Å²) < 4.78 is 0. The number of hydrogen-bond acceptors (Lipinski definition) is 5. The van der Waals surface area contributed by atoms with E-state index in [0.29, 0.717) is 11.9 Å². The molecule has 1 aliphatic carbocycles. The Balaban J connectivity index is 1.82. The molecule has 0 radical (unpaired) electrons. The molecule has 1 aliphatic rings. The molecule has 106 valence electrons. The fraction of sp³-hybridized carbons (Fsp3) is 0.500. The third kappa shape index (κ3) is 2.74. The van der Waals surface area contributed by atoms with Gasteiger partial charge in [0.25, 0.3) is 0 Å². The summed E-state index contributed by atoms with van der Waals surface area (Å²) in [4.78, 5) is 1.43. The van der Waals surface area contributed by atoms with Gasteiger partial charge in [-0.25, -0.2) is 0 Å². The first-order valence-corrected chi connectivity index (χ1v) is 7.06. The molecule has 6 nitrogen and oxygen atoms in total. The molecule has 1 aromatic heterocycles. The average Bonchev–Trinajstić information content (AvgIpc) is 2.89. The predicted molar refractivity (Wildman–Crippen MR) is 76.4 cm³/mol. The Morgan fingerprint density at radius 3 is 2.75 bits per heavy atom. The first-order valence-electron chi connectivity index (χ1n) is 7.06. The van der Waals surface area contributed by atoms with Crippen LogP contribution in [0.15, 0.2) is 18.2 Å². The highest BCUT2D eigenvalue weighted by molar-refractivity contribution is 5.67. The van der Waals surface area contributed by atoms with E-state index in [1.165, 1.54) is 24.1 Å². The summed E-state index contributed by atoms with van der Waals surface area (Å²) in [6.07, 6.45) is 6.14. The van der Waals surface area contributed by atoms with Crippen molar-refractivity contribution in [3.05, 3.63) is 18.2 Å². The molecule has 0 spiro atoms. The van der Waals surface area contributed by atoms with Crippen molar-refractivity contribution < 1.29 is 5.11 Å². The Morgan fingerprint density at radius 1 is 1.25 bits per heavy atom. The zero-order valence-corrected chi connectivity index (χ0v) is 11.6. The van der Waals surface area contributed by atoms with Crippen LogP contribution in [0.5, 0.6) is 5.75 Å². The van der Waals surface area contributed by atoms with Gasteiger partial charge in [0.15, 0.2) is 0 Å². The predicted octanol–water partition coefficient (Wildman–Crippen LogP) is 2.33. The lowest BCUT2D eigenvalue weighted by atomic mass is 9.95. The van der Waals surface area contributed by atoms with Crippen molar-refractivity contribution in [2.75, 3.05) is 5.32 Å². The summed E-state index contributed by atoms with van der Waals surface area (Å²) in [7, 11) is 1.73. The number of rotatable bonds is 3. The van der Waals surface area contributed by atoms with Crippen LogP contribution in [-0.4, -0.2) is 31.4 Å². The van der Waals surface area contributed by atoms with Gasteiger partial charge in [0.05, 0.1) is 12.7 Å². The van der Waals surface area contributed by atoms with Gasteiger partial charge in [0.1, 0.15) is 5.75 Å². The van der Waals surface area contributed by atoms with E-state index in [-0.39, 0.29) is 5.75 Å². The number of nitrogens with zero attached hydrogens (tertiary/aromatic N) is 4. The molecule has 20 heavy (non-hydrogen) atoms. The number of hydrogen-bond donors (Lipinski definition) is 2. The van der Waals surface area contributed by atoms with Crippen LogP contribution in [0, 0.1) is 0 Å². The largest absolute Gasteiger partial charge is 0.506 e. The van der Waals surface area contributed by atoms with Crippen LogP contribution in [0.4, 0.5) is 5.69 Å². The van der Waals surface area contributed by atoms with E-state index >= 15 is 0 Å². The quantitative estimate of drug-likeness (QED) is 0.839. The topological polar surface area (TPSA) is 75.9 Å². The zero-order valence-electron chi connectivity index (χ0n) is 11.6. The highest BCUT2D eigenvalue weighted by atomic mass is 16.3. The Kier molecular flexibility index (Phi) is 3.54. The molecule has 2 N–H and O–H groups in total. The molecule has 0 unspecified atom stereocenters. The molecule has 0 amide bonds. The molecule has 1 saturated carbocycles. The third-order valence-electron chi connectivity index (χ3n) is 3.73. The van der Waals surface area contributed by atoms with E-state index in [1.807, 2.05) is 6.07 Å². The fourth-order valence-electron chi connectivity index (χ4n) is 2.66. The Bertz CT molecular complexity index is 589. The maximum absolute atomic E-state index is 9.99. The summed E-state index contributed by atoms with van der Waals surface area (Å²) >= 11 is 0. The van der Waals surface area contributed by atoms with Gasteiger partial charge < -0.3 is 10.4 Å². The standard InChI is InChI=1S/C14H19N5O/c1-19-17-14(16-18-19)10-7-8-13(20)12(9-10)15-11-5-3-2-4-6-11/h7-9,11,15,20H,2-6H2,1H3. The number of nitrogens with one attached hydrogen (secondary N) is 1. The number of aryl methyl sites for hydroxylation is 1. The SMILES string of the molecule is Cn1nnc(-c2ccc(O)c(NC3CCCCC3)c2)n1. The fourth-order valence-corrected chi connectivity index (χ4v) is 2.66. The van der Waals surface area contributed by atoms with E-state index in [4.69, 9.17) is 0 Å². The van der Waals surface area contributed by atoms with E-state index < -0.39 is 0 Å². The minimum absolute atomic E-state index is 0.267. The van der Waals surface area contributed by atoms with Gasteiger partial charge in [-0.15, -0.1) is 10.2 Å². The van der Waals surface area contributed by atoms with Gasteiger partial charge in [-0.1, -0.05) is 19.3 Å². The van der Waals surface area contributed by atoms with E-state index in [1.54, 1.807) is 19.2 Å². The molecule has 0 saturated heterocycles. The molecular formula is C14H19N5O. The van der Waals surface area contributed by atoms with Crippen molar-refractivity contribution in [1.29, 1.82) is 0 Å². The molecule has 0 bridgehead atoms. The number of benzene rings is 1. The van der Waals surface area contributed by atoms with Gasteiger partial charge in [0.2, 0.25) is 5.82 Å². The number of phenolic OH excluding ortho intramolecular Hbond substituents is 1. The molecule has 2 aromatic rings. The van der Waals surface area contributed by atoms with Gasteiger partial charge in [-0.2, -0.15) is 4.80 Å². The summed E-state index contributed by atoms with van der Waals surface area (Å²) in [5.41, 5.74) is 1.61. The normalized spacial score (nSPS) is 16.2. The van der Waals surface area contributed by atoms with Crippen LogP contribution in [0.2, 0.25) is 0 Å². The van der Waals surface area contributed by atoms with Crippen LogP contribution < -0.4 is 5.32 Å². The second-order valence-electron chi connectivity index (χ2n) is 5.31. The maximum Gasteiger partial charge on any atom is 0.204 e. The lowest BCUT2D eigenvalue weighted by Gasteiger charge is -2.24. The van der Waals surface area contributed by atoms with Gasteiger partial charge in [-0.3, -0.25) is 0 Å². The third-order valence-corrected chi connectivity index (χ3v) is 3.73. The van der Waals surface area contributed by atoms with Crippen molar-refractivity contribution in [2.24, 2.45) is 7.05 Å². The lowest BCUT2D eigenvalue weighted by molar-refractivity contribution is 0.453. The van der Waals surface area contributed by atoms with Crippen molar-refractivity contribution in [2.45, 2.75) is 38.1 Å². The summed E-state index contributed by atoms with van der Waals surface area (Å²) in [5.74, 6) is 0.836. The number of tetrazole rings is 1. The molecule has 6 heteroatoms. The van der Waals surface area contributed by atoms with Crippen molar-refractivity contribution in [3.63, 3.8) is 0 Å². The molecule has 3 rings (SSSR count). The van der Waals surface area contributed by atoms with Gasteiger partial charge >= 0.3 is 0 Å². The van der Waals surface area contributed by atoms with Crippen LogP contribution in [-0.2, 0) is 7.05 Å². The average molecular weight is 273 g/mol. The van der Waals surface area contributed by atoms with Crippen LogP contribution in [0.3, 0.4) is 0 Å². The van der Waals surface area contributed by atoms with E-state index in [2.05, 4.69) is 20.7 Å². The first kappa shape index (κ1) is 12.9. The van der Waals surface area contributed by atoms with Gasteiger partial charge in [-0.05, 0) is 36.3 Å². The number of aromatic nitrogens is 4. The molecular weight excluding hydrogens is 254 g/mol. The molecule has 0 aliphatic heterocycles. The van der Waals surface area contributed by atoms with E-state index in [0.717, 1.165) is 24.1 Å². The van der Waals surface area contributed by atoms with Gasteiger partial charge in [0, 0.05) is 11.6 Å². The summed E-state index contributed by atoms with van der Waals surface area (Å²) in [6.45, 7) is 0. The van der Waals surface area contributed by atoms with E-state index in [9.17, 15) is 5.11 Å². The van der Waals surface area contributed by atoms with Crippen LogP contribution in [0.25, 0.3) is 11.4 Å². The second-order valence-corrected chi connectivity index (χ2v) is 5.31. The van der Waals surface area contributed by atoms with Crippen molar-refractivity contribution in [3.8, 4) is 17.1 Å². The Labute approximate surface area is 117 Å². The molecule has 1 aromatic carbocycles. The summed E-state index contributed by atoms with van der Waals surface area (Å²) in [5, 5.41) is 25.4. The molecule has 0 atom stereocenters. The highest BCUT2D eigenvalue weighted by Gasteiger charge is 2.15. The first-order chi connectivity index (χ1) is 9.72. The number of phenols is 1. The Morgan fingerprint density at radius 2 is 2.05 bits per heavy atom. The highest BCUT2D eigenvalue weighted by Crippen LogP contribution is 2.30. The minimum atomic E-state index is 0.267. The molecule has 1 fully saturated rings. The Hall–Kier alpha value is -2.11. The maximum atomic E-state index is 9.99. The number of aromatic hydroxyl groups is 1. The smallest absolute Gasteiger partial charge is 0.204 e. The van der Waals surface area contributed by atoms with Crippen LogP contribution in [0.1, 0.15) is 32.1 Å². The molecule has 1 heterocycles. The summed E-state index contributed by atoms with van der Waals surface area (Å²) in [6, 6.07) is 5.82. The number of anilines is 1.